The highest BCUT2D eigenvalue weighted by atomic mass is 79.9. The zero-order chi connectivity index (χ0) is 37.1. The molecule has 2 saturated heterocycles. The molecule has 8 nitrogen and oxygen atoms in total. The van der Waals surface area contributed by atoms with E-state index in [1.165, 1.54) is 19.2 Å². The first-order valence-electron chi connectivity index (χ1n) is 15.2. The van der Waals surface area contributed by atoms with Crippen molar-refractivity contribution in [2.75, 3.05) is 16.9 Å². The van der Waals surface area contributed by atoms with Crippen LogP contribution >= 0.6 is 39.1 Å². The van der Waals surface area contributed by atoms with E-state index in [4.69, 9.17) is 27.9 Å². The number of fused-ring (bicyclic) bond motifs is 4. The Bertz CT molecular complexity index is 2140. The van der Waals surface area contributed by atoms with Crippen LogP contribution in [0.1, 0.15) is 29.9 Å². The van der Waals surface area contributed by atoms with Crippen LogP contribution in [-0.2, 0) is 19.2 Å². The van der Waals surface area contributed by atoms with Gasteiger partial charge in [0.2, 0.25) is 17.6 Å². The first-order chi connectivity index (χ1) is 24.0. The molecule has 0 spiro atoms. The minimum atomic E-state index is -2.73. The fraction of sp³-hybridized carbons (Fsp3) is 0.257. The third kappa shape index (κ3) is 4.54. The van der Waals surface area contributed by atoms with Crippen molar-refractivity contribution in [3.63, 3.8) is 0 Å². The van der Waals surface area contributed by atoms with Crippen LogP contribution < -0.4 is 14.5 Å². The maximum Gasteiger partial charge on any atom is 0.258 e. The maximum absolute atomic E-state index is 15.3. The van der Waals surface area contributed by atoms with Crippen LogP contribution in [0.25, 0.3) is 6.08 Å². The molecule has 3 aromatic rings. The van der Waals surface area contributed by atoms with Gasteiger partial charge < -0.3 is 9.84 Å². The van der Waals surface area contributed by atoms with Gasteiger partial charge in [-0.15, -0.1) is 23.2 Å². The minimum Gasteiger partial charge on any atom is -0.503 e. The Morgan fingerprint density at radius 2 is 1.51 bits per heavy atom. The number of hydrogen-bond donors (Lipinski definition) is 1. The molecule has 0 aromatic heterocycles. The van der Waals surface area contributed by atoms with Crippen LogP contribution in [0, 0.1) is 46.8 Å². The van der Waals surface area contributed by atoms with E-state index in [0.717, 1.165) is 10.5 Å². The van der Waals surface area contributed by atoms with E-state index < -0.39 is 98.2 Å². The number of halogens is 8. The lowest BCUT2D eigenvalue weighted by molar-refractivity contribution is -0.125. The molecular weight excluding hydrogens is 790 g/mol. The second-order valence-corrected chi connectivity index (χ2v) is 14.6. The largest absolute Gasteiger partial charge is 0.503 e. The van der Waals surface area contributed by atoms with Crippen LogP contribution in [0.2, 0.25) is 0 Å². The molecule has 3 aromatic carbocycles. The highest BCUT2D eigenvalue weighted by Gasteiger charge is 2.77. The average molecular weight is 812 g/mol. The maximum atomic E-state index is 15.3. The van der Waals surface area contributed by atoms with Crippen LogP contribution in [0.4, 0.5) is 33.3 Å². The van der Waals surface area contributed by atoms with Gasteiger partial charge in [-0.2, -0.15) is 0 Å². The molecule has 3 fully saturated rings. The number of anilines is 2. The number of carbonyl (C=O) groups is 4. The summed E-state index contributed by atoms with van der Waals surface area (Å²) < 4.78 is 78.8. The highest BCUT2D eigenvalue weighted by molar-refractivity contribution is 9.10. The number of hydrogen-bond acceptors (Lipinski definition) is 6. The SMILES string of the molecule is C=Cc1ccc(N2C(=O)C3CC=C4C(CC5(Cl)C(=O)N(c6c(F)c(F)c(F)c(F)c6F)C(=O)C5(Cl)C4c4cc(Br)c(O)c(OC)c4)C3C2=O)cc1. The molecule has 4 aliphatic rings. The molecule has 6 atom stereocenters. The predicted molar refractivity (Wildman–Crippen MR) is 178 cm³/mol. The number of methoxy groups -OCH3 is 1. The van der Waals surface area contributed by atoms with Crippen molar-refractivity contribution >= 4 is 80.2 Å². The van der Waals surface area contributed by atoms with E-state index in [1.807, 2.05) is 0 Å². The van der Waals surface area contributed by atoms with E-state index in [2.05, 4.69) is 22.5 Å². The lowest BCUT2D eigenvalue weighted by Crippen LogP contribution is -2.60. The normalized spacial score (nSPS) is 28.5. The molecule has 4 amide bonds. The number of aromatic hydroxyl groups is 1. The predicted octanol–water partition coefficient (Wildman–Crippen LogP) is 7.27. The summed E-state index contributed by atoms with van der Waals surface area (Å²) in [5, 5.41) is 10.6. The van der Waals surface area contributed by atoms with Gasteiger partial charge in [0.25, 0.3) is 11.8 Å². The molecule has 6 unspecified atom stereocenters. The number of nitrogens with zero attached hydrogens (tertiary/aromatic N) is 2. The summed E-state index contributed by atoms with van der Waals surface area (Å²) in [7, 11) is 1.22. The van der Waals surface area contributed by atoms with Gasteiger partial charge in [-0.1, -0.05) is 36.4 Å². The molecule has 1 saturated carbocycles. The van der Waals surface area contributed by atoms with Crippen molar-refractivity contribution in [3.05, 3.63) is 99.3 Å². The third-order valence-corrected chi connectivity index (χ3v) is 12.2. The summed E-state index contributed by atoms with van der Waals surface area (Å²) in [5.41, 5.74) is -0.610. The Hall–Kier alpha value is -4.27. The summed E-state index contributed by atoms with van der Waals surface area (Å²) in [6.07, 6.45) is 2.44. The third-order valence-electron chi connectivity index (χ3n) is 10.2. The van der Waals surface area contributed by atoms with Gasteiger partial charge in [-0.25, -0.2) is 26.9 Å². The summed E-state index contributed by atoms with van der Waals surface area (Å²) in [6, 6.07) is 8.97. The molecule has 1 N–H and O–H groups in total. The number of allylic oxidation sites excluding steroid dienone is 2. The molecule has 264 valence electrons. The number of amides is 4. The van der Waals surface area contributed by atoms with E-state index >= 15 is 8.78 Å². The number of phenols is 1. The molecule has 0 bridgehead atoms. The minimum absolute atomic E-state index is 0.0170. The fourth-order valence-corrected chi connectivity index (χ4v) is 9.27. The van der Waals surface area contributed by atoms with Crippen LogP contribution in [0.5, 0.6) is 11.5 Å². The quantitative estimate of drug-likeness (QED) is 0.0727. The van der Waals surface area contributed by atoms with Gasteiger partial charge >= 0.3 is 0 Å². The topological polar surface area (TPSA) is 104 Å². The van der Waals surface area contributed by atoms with Crippen LogP contribution in [0.15, 0.2) is 59.1 Å². The van der Waals surface area contributed by atoms with Crippen molar-refractivity contribution in [1.82, 2.24) is 0 Å². The van der Waals surface area contributed by atoms with Gasteiger partial charge in [-0.05, 0) is 70.1 Å². The monoisotopic (exact) mass is 810 g/mol. The van der Waals surface area contributed by atoms with Gasteiger partial charge in [-0.3, -0.25) is 24.1 Å². The number of rotatable bonds is 5. The zero-order valence-electron chi connectivity index (χ0n) is 26.0. The van der Waals surface area contributed by atoms with Gasteiger partial charge in [0.05, 0.1) is 29.1 Å². The summed E-state index contributed by atoms with van der Waals surface area (Å²) in [6.45, 7) is 3.69. The van der Waals surface area contributed by atoms with Gasteiger partial charge in [0.1, 0.15) is 5.69 Å². The molecule has 51 heavy (non-hydrogen) atoms. The van der Waals surface area contributed by atoms with Crippen LogP contribution in [0.3, 0.4) is 0 Å². The smallest absolute Gasteiger partial charge is 0.258 e. The Morgan fingerprint density at radius 3 is 2.10 bits per heavy atom. The lowest BCUT2D eigenvalue weighted by Gasteiger charge is -2.50. The van der Waals surface area contributed by atoms with E-state index in [-0.39, 0.29) is 44.1 Å². The second kappa shape index (κ2) is 11.9. The van der Waals surface area contributed by atoms with E-state index in [1.54, 1.807) is 36.4 Å². The summed E-state index contributed by atoms with van der Waals surface area (Å²) >= 11 is 17.5. The van der Waals surface area contributed by atoms with E-state index in [0.29, 0.717) is 0 Å². The summed E-state index contributed by atoms with van der Waals surface area (Å²) in [4.78, 5) is 52.2. The standard InChI is InChI=1S/C35H22BrCl2F5N2O6/c1-3-13-4-6-15(7-5-13)44-30(47)17-9-8-16-18(21(17)31(44)48)12-34(37)32(49)45(28-26(42)24(40)23(39)25(41)27(28)43)33(50)35(34,38)22(16)14-10-19(36)29(46)20(11-14)51-2/h3-8,10-11,17-18,21-22,46H,1,9,12H2,2H3. The first kappa shape index (κ1) is 35.1. The number of carbonyl (C=O) groups excluding carboxylic acids is 4. The molecule has 7 rings (SSSR count). The Labute approximate surface area is 304 Å². The number of benzene rings is 3. The second-order valence-electron chi connectivity index (χ2n) is 12.6. The van der Waals surface area contributed by atoms with Crippen LogP contribution in [-0.4, -0.2) is 45.6 Å². The molecule has 0 radical (unpaired) electrons. The Kier molecular flexibility index (Phi) is 8.19. The van der Waals surface area contributed by atoms with Gasteiger partial charge in [0.15, 0.2) is 44.5 Å². The zero-order valence-corrected chi connectivity index (χ0v) is 29.1. The Balaban J connectivity index is 1.44. The highest BCUT2D eigenvalue weighted by Crippen LogP contribution is 2.66. The van der Waals surface area contributed by atoms with Gasteiger partial charge in [0, 0.05) is 5.92 Å². The number of imide groups is 2. The molecule has 2 heterocycles. The number of alkyl halides is 2. The number of phenolic OH excluding ortho intramolecular Hbond substituents is 1. The van der Waals surface area contributed by atoms with Crippen molar-refractivity contribution in [2.24, 2.45) is 17.8 Å². The fourth-order valence-electron chi connectivity index (χ4n) is 7.87. The van der Waals surface area contributed by atoms with Crippen molar-refractivity contribution in [3.8, 4) is 11.5 Å². The van der Waals surface area contributed by atoms with Crippen molar-refractivity contribution < 1.29 is 51.0 Å². The molecule has 16 heteroatoms. The summed E-state index contributed by atoms with van der Waals surface area (Å²) in [5.74, 6) is -22.1. The molecule has 2 aliphatic heterocycles. The lowest BCUT2D eigenvalue weighted by atomic mass is 9.56. The molecule has 2 aliphatic carbocycles. The van der Waals surface area contributed by atoms with Crippen molar-refractivity contribution in [1.29, 1.82) is 0 Å². The Morgan fingerprint density at radius 1 is 0.902 bits per heavy atom. The van der Waals surface area contributed by atoms with E-state index in [9.17, 15) is 37.5 Å². The van der Waals surface area contributed by atoms with Crippen molar-refractivity contribution in [2.45, 2.75) is 28.5 Å². The first-order valence-corrected chi connectivity index (χ1v) is 16.7. The number of ether oxygens (including phenoxy) is 1. The molecular formula is C35H22BrCl2F5N2O6. The average Bonchev–Trinajstić information content (AvgIpc) is 3.45.